The molecule has 0 saturated heterocycles. The van der Waals surface area contributed by atoms with E-state index in [1.165, 1.54) is 37.2 Å². The molecule has 130 valence electrons. The molecule has 1 amide bonds. The van der Waals surface area contributed by atoms with Crippen molar-refractivity contribution in [3.05, 3.63) is 48.0 Å². The Morgan fingerprint density at radius 1 is 1.36 bits per heavy atom. The molecule has 3 rings (SSSR count). The van der Waals surface area contributed by atoms with Crippen molar-refractivity contribution in [1.29, 1.82) is 0 Å². The first-order valence-corrected chi connectivity index (χ1v) is 7.93. The second kappa shape index (κ2) is 6.08. The molecule has 0 aliphatic carbocycles. The Hall–Kier alpha value is -3.09. The number of amides is 1. The van der Waals surface area contributed by atoms with Crippen LogP contribution in [0.2, 0.25) is 0 Å². The van der Waals surface area contributed by atoms with Crippen LogP contribution < -0.4 is 5.32 Å². The smallest absolute Gasteiger partial charge is 0.331 e. The lowest BCUT2D eigenvalue weighted by atomic mass is 10.1. The lowest BCUT2D eigenvalue weighted by molar-refractivity contribution is -0.146. The van der Waals surface area contributed by atoms with E-state index in [1.54, 1.807) is 0 Å². The van der Waals surface area contributed by atoms with Gasteiger partial charge in [-0.15, -0.1) is 0 Å². The van der Waals surface area contributed by atoms with Gasteiger partial charge in [0.1, 0.15) is 11.8 Å². The molecule has 0 aliphatic rings. The SMILES string of the molecule is CCc1ccc2occ(C(=O)Nc3cnn(C(C)(C)C(=O)O)c3)c2c1. The number of hydrogen-bond acceptors (Lipinski definition) is 4. The zero-order valence-electron chi connectivity index (χ0n) is 14.2. The number of nitrogens with zero attached hydrogens (tertiary/aromatic N) is 2. The van der Waals surface area contributed by atoms with Gasteiger partial charge in [-0.05, 0) is 38.0 Å². The molecule has 1 aromatic carbocycles. The van der Waals surface area contributed by atoms with Gasteiger partial charge in [-0.1, -0.05) is 13.0 Å². The third-order valence-electron chi connectivity index (χ3n) is 4.23. The number of carbonyl (C=O) groups is 2. The van der Waals surface area contributed by atoms with Gasteiger partial charge in [-0.25, -0.2) is 4.79 Å². The summed E-state index contributed by atoms with van der Waals surface area (Å²) < 4.78 is 6.74. The van der Waals surface area contributed by atoms with E-state index in [4.69, 9.17) is 4.42 Å². The molecular formula is C18H19N3O4. The van der Waals surface area contributed by atoms with E-state index in [2.05, 4.69) is 10.4 Å². The summed E-state index contributed by atoms with van der Waals surface area (Å²) in [4.78, 5) is 23.8. The van der Waals surface area contributed by atoms with Crippen molar-refractivity contribution < 1.29 is 19.1 Å². The zero-order valence-corrected chi connectivity index (χ0v) is 14.2. The van der Waals surface area contributed by atoms with Crippen LogP contribution in [-0.2, 0) is 16.8 Å². The first-order valence-electron chi connectivity index (χ1n) is 7.93. The summed E-state index contributed by atoms with van der Waals surface area (Å²) in [5.41, 5.74) is 1.39. The molecule has 2 N–H and O–H groups in total. The molecule has 0 aliphatic heterocycles. The standard InChI is InChI=1S/C18H19N3O4/c1-4-11-5-6-15-13(7-11)14(10-25-15)16(22)20-12-8-19-21(9-12)18(2,3)17(23)24/h5-10H,4H2,1-3H3,(H,20,22)(H,23,24). The quantitative estimate of drug-likeness (QED) is 0.742. The molecule has 2 aromatic heterocycles. The summed E-state index contributed by atoms with van der Waals surface area (Å²) in [7, 11) is 0. The predicted molar refractivity (Wildman–Crippen MR) is 92.7 cm³/mol. The average molecular weight is 341 g/mol. The Morgan fingerprint density at radius 3 is 2.80 bits per heavy atom. The molecule has 0 atom stereocenters. The van der Waals surface area contributed by atoms with E-state index in [9.17, 15) is 14.7 Å². The lowest BCUT2D eigenvalue weighted by Gasteiger charge is -2.19. The van der Waals surface area contributed by atoms with Crippen LogP contribution in [0, 0.1) is 0 Å². The molecule has 0 saturated carbocycles. The minimum Gasteiger partial charge on any atom is -0.479 e. The molecule has 0 spiro atoms. The lowest BCUT2D eigenvalue weighted by Crippen LogP contribution is -2.35. The summed E-state index contributed by atoms with van der Waals surface area (Å²) in [5, 5.41) is 16.7. The van der Waals surface area contributed by atoms with Crippen LogP contribution in [0.25, 0.3) is 11.0 Å². The van der Waals surface area contributed by atoms with Crippen LogP contribution in [0.3, 0.4) is 0 Å². The van der Waals surface area contributed by atoms with Gasteiger partial charge in [-0.3, -0.25) is 9.48 Å². The average Bonchev–Trinajstić information content (AvgIpc) is 3.20. The van der Waals surface area contributed by atoms with Crippen LogP contribution in [0.4, 0.5) is 5.69 Å². The maximum absolute atomic E-state index is 12.6. The molecule has 25 heavy (non-hydrogen) atoms. The molecular weight excluding hydrogens is 322 g/mol. The van der Waals surface area contributed by atoms with Crippen LogP contribution in [0.1, 0.15) is 36.7 Å². The third-order valence-corrected chi connectivity index (χ3v) is 4.23. The van der Waals surface area contributed by atoms with Gasteiger partial charge < -0.3 is 14.8 Å². The van der Waals surface area contributed by atoms with E-state index in [0.717, 1.165) is 17.4 Å². The number of nitrogens with one attached hydrogen (secondary N) is 1. The number of anilines is 1. The van der Waals surface area contributed by atoms with Gasteiger partial charge in [0.05, 0.1) is 17.4 Å². The Balaban J connectivity index is 1.86. The topological polar surface area (TPSA) is 97.4 Å². The van der Waals surface area contributed by atoms with E-state index in [-0.39, 0.29) is 5.91 Å². The molecule has 0 unspecified atom stereocenters. The second-order valence-electron chi connectivity index (χ2n) is 6.33. The number of benzene rings is 1. The summed E-state index contributed by atoms with van der Waals surface area (Å²) >= 11 is 0. The number of carboxylic acids is 1. The van der Waals surface area contributed by atoms with Gasteiger partial charge >= 0.3 is 5.97 Å². The van der Waals surface area contributed by atoms with Crippen molar-refractivity contribution in [2.75, 3.05) is 5.32 Å². The van der Waals surface area contributed by atoms with Gasteiger partial charge in [0.25, 0.3) is 5.91 Å². The van der Waals surface area contributed by atoms with Gasteiger partial charge in [0.15, 0.2) is 5.54 Å². The summed E-state index contributed by atoms with van der Waals surface area (Å²) in [6.07, 6.45) is 5.19. The highest BCUT2D eigenvalue weighted by atomic mass is 16.4. The molecule has 0 fully saturated rings. The minimum atomic E-state index is -1.21. The number of aromatic nitrogens is 2. The summed E-state index contributed by atoms with van der Waals surface area (Å²) in [6.45, 7) is 5.10. The fraction of sp³-hybridized carbons (Fsp3) is 0.278. The van der Waals surface area contributed by atoms with Crippen molar-refractivity contribution in [2.45, 2.75) is 32.7 Å². The van der Waals surface area contributed by atoms with E-state index >= 15 is 0 Å². The van der Waals surface area contributed by atoms with Crippen LogP contribution in [0.5, 0.6) is 0 Å². The molecule has 7 heteroatoms. The number of furan rings is 1. The number of rotatable bonds is 5. The van der Waals surface area contributed by atoms with Gasteiger partial charge in [0, 0.05) is 11.6 Å². The maximum Gasteiger partial charge on any atom is 0.331 e. The second-order valence-corrected chi connectivity index (χ2v) is 6.33. The van der Waals surface area contributed by atoms with Crippen LogP contribution in [-0.4, -0.2) is 26.8 Å². The number of hydrogen-bond donors (Lipinski definition) is 2. The first-order chi connectivity index (χ1) is 11.8. The number of fused-ring (bicyclic) bond motifs is 1. The van der Waals surface area contributed by atoms with Crippen molar-refractivity contribution in [2.24, 2.45) is 0 Å². The van der Waals surface area contributed by atoms with E-state index in [0.29, 0.717) is 16.8 Å². The summed E-state index contributed by atoms with van der Waals surface area (Å²) in [5.74, 6) is -1.35. The first kappa shape index (κ1) is 16.8. The van der Waals surface area contributed by atoms with Gasteiger partial charge in [0.2, 0.25) is 0 Å². The molecule has 7 nitrogen and oxygen atoms in total. The molecule has 0 bridgehead atoms. The Morgan fingerprint density at radius 2 is 2.12 bits per heavy atom. The highest BCUT2D eigenvalue weighted by Gasteiger charge is 2.30. The van der Waals surface area contributed by atoms with Gasteiger partial charge in [-0.2, -0.15) is 5.10 Å². The minimum absolute atomic E-state index is 0.334. The monoisotopic (exact) mass is 341 g/mol. The van der Waals surface area contributed by atoms with E-state index in [1.807, 2.05) is 25.1 Å². The Kier molecular flexibility index (Phi) is 4.08. The fourth-order valence-corrected chi connectivity index (χ4v) is 2.46. The number of aliphatic carboxylic acids is 1. The zero-order chi connectivity index (χ0) is 18.2. The highest BCUT2D eigenvalue weighted by molar-refractivity contribution is 6.12. The largest absolute Gasteiger partial charge is 0.479 e. The van der Waals surface area contributed by atoms with Crippen molar-refractivity contribution in [3.8, 4) is 0 Å². The number of carboxylic acid groups (broad SMARTS) is 1. The van der Waals surface area contributed by atoms with Crippen molar-refractivity contribution in [1.82, 2.24) is 9.78 Å². The number of carbonyl (C=O) groups excluding carboxylic acids is 1. The Bertz CT molecular complexity index is 952. The highest BCUT2D eigenvalue weighted by Crippen LogP contribution is 2.24. The third kappa shape index (κ3) is 3.00. The molecule has 3 aromatic rings. The number of aryl methyl sites for hydroxylation is 1. The van der Waals surface area contributed by atoms with Crippen molar-refractivity contribution >= 4 is 28.5 Å². The molecule has 0 radical (unpaired) electrons. The maximum atomic E-state index is 12.6. The Labute approximate surface area is 144 Å². The molecule has 2 heterocycles. The van der Waals surface area contributed by atoms with E-state index < -0.39 is 11.5 Å². The van der Waals surface area contributed by atoms with Crippen molar-refractivity contribution in [3.63, 3.8) is 0 Å². The summed E-state index contributed by atoms with van der Waals surface area (Å²) in [6, 6.07) is 5.74. The van der Waals surface area contributed by atoms with Crippen LogP contribution in [0.15, 0.2) is 41.3 Å². The fourth-order valence-electron chi connectivity index (χ4n) is 2.46. The predicted octanol–water partition coefficient (Wildman–Crippen LogP) is 3.26. The normalized spacial score (nSPS) is 11.6. The van der Waals surface area contributed by atoms with Crippen LogP contribution >= 0.6 is 0 Å².